The van der Waals surface area contributed by atoms with Gasteiger partial charge >= 0.3 is 0 Å². The predicted octanol–water partition coefficient (Wildman–Crippen LogP) is 1.94. The van der Waals surface area contributed by atoms with E-state index in [2.05, 4.69) is 5.32 Å². The topological polar surface area (TPSA) is 29.1 Å². The highest BCUT2D eigenvalue weighted by atomic mass is 19.1. The highest BCUT2D eigenvalue weighted by molar-refractivity contribution is 5.91. The van der Waals surface area contributed by atoms with Gasteiger partial charge in [-0.15, -0.1) is 0 Å². The first-order valence-electron chi connectivity index (χ1n) is 3.82. The van der Waals surface area contributed by atoms with Crippen LogP contribution in [0.15, 0.2) is 23.6 Å². The van der Waals surface area contributed by atoms with Crippen LogP contribution < -0.4 is 5.32 Å². The van der Waals surface area contributed by atoms with Gasteiger partial charge in [-0.2, -0.15) is 0 Å². The van der Waals surface area contributed by atoms with Gasteiger partial charge in [0, 0.05) is 6.54 Å². The van der Waals surface area contributed by atoms with Crippen molar-refractivity contribution in [1.82, 2.24) is 5.32 Å². The second-order valence-electron chi connectivity index (χ2n) is 2.59. The third-order valence-corrected chi connectivity index (χ3v) is 1.25. The molecule has 0 unspecified atom stereocenters. The lowest BCUT2D eigenvalue weighted by Gasteiger charge is -2.00. The van der Waals surface area contributed by atoms with Crippen molar-refractivity contribution >= 4 is 5.91 Å². The first-order chi connectivity index (χ1) is 5.59. The summed E-state index contributed by atoms with van der Waals surface area (Å²) in [5.41, 5.74) is 0.396. The molecule has 0 spiro atoms. The molecule has 0 radical (unpaired) electrons. The van der Waals surface area contributed by atoms with Crippen LogP contribution in [0.25, 0.3) is 0 Å². The summed E-state index contributed by atoms with van der Waals surface area (Å²) in [6.45, 7) is 5.33. The molecule has 0 aliphatic carbocycles. The van der Waals surface area contributed by atoms with Gasteiger partial charge in [0.2, 0.25) is 0 Å². The maximum Gasteiger partial charge on any atom is 0.280 e. The number of carbonyl (C=O) groups is 1. The molecule has 0 saturated carbocycles. The van der Waals surface area contributed by atoms with Gasteiger partial charge in [0.05, 0.1) is 0 Å². The number of hydrogen-bond donors (Lipinski definition) is 1. The molecule has 0 aromatic rings. The number of carbonyl (C=O) groups excluding carboxylic acids is 1. The summed E-state index contributed by atoms with van der Waals surface area (Å²) in [4.78, 5) is 10.9. The molecular weight excluding hydrogens is 157 g/mol. The molecule has 1 amide bonds. The maximum absolute atomic E-state index is 12.8. The van der Waals surface area contributed by atoms with Crippen LogP contribution in [0.3, 0.4) is 0 Å². The Morgan fingerprint density at radius 1 is 1.50 bits per heavy atom. The van der Waals surface area contributed by atoms with Crippen molar-refractivity contribution in [2.45, 2.75) is 20.8 Å². The van der Waals surface area contributed by atoms with Gasteiger partial charge in [-0.3, -0.25) is 4.79 Å². The Balaban J connectivity index is 3.98. The molecular formula is C9H14FNO. The zero-order valence-corrected chi connectivity index (χ0v) is 7.65. The third kappa shape index (κ3) is 3.91. The molecule has 0 aliphatic rings. The lowest BCUT2D eigenvalue weighted by molar-refractivity contribution is -0.118. The van der Waals surface area contributed by atoms with Gasteiger partial charge in [0.1, 0.15) is 0 Å². The fraction of sp³-hybridized carbons (Fsp3) is 0.444. The largest absolute Gasteiger partial charge is 0.347 e. The van der Waals surface area contributed by atoms with E-state index in [1.807, 2.05) is 6.92 Å². The second-order valence-corrected chi connectivity index (χ2v) is 2.59. The Morgan fingerprint density at radius 2 is 2.08 bits per heavy atom. The van der Waals surface area contributed by atoms with Crippen LogP contribution in [0.4, 0.5) is 4.39 Å². The van der Waals surface area contributed by atoms with Crippen molar-refractivity contribution < 1.29 is 9.18 Å². The van der Waals surface area contributed by atoms with E-state index in [9.17, 15) is 9.18 Å². The summed E-state index contributed by atoms with van der Waals surface area (Å²) in [6.07, 6.45) is 3.54. The summed E-state index contributed by atoms with van der Waals surface area (Å²) in [7, 11) is 0. The Bertz CT molecular complexity index is 215. The molecule has 0 saturated heterocycles. The highest BCUT2D eigenvalue weighted by Gasteiger charge is 2.07. The van der Waals surface area contributed by atoms with E-state index in [-0.39, 0.29) is 0 Å². The van der Waals surface area contributed by atoms with Gasteiger partial charge in [-0.25, -0.2) is 4.39 Å². The molecule has 0 aliphatic heterocycles. The normalized spacial score (nSPS) is 10.0. The van der Waals surface area contributed by atoms with Gasteiger partial charge < -0.3 is 5.32 Å². The molecule has 3 heteroatoms. The average Bonchev–Trinajstić information content (AvgIpc) is 2.03. The molecule has 12 heavy (non-hydrogen) atoms. The van der Waals surface area contributed by atoms with E-state index in [0.29, 0.717) is 12.1 Å². The Labute approximate surface area is 72.2 Å². The Hall–Kier alpha value is -1.12. The van der Waals surface area contributed by atoms with Crippen LogP contribution in [0, 0.1) is 0 Å². The monoisotopic (exact) mass is 171 g/mol. The SMILES string of the molecule is C/C=C/CNC(=O)C(F)=C(C)C. The average molecular weight is 171 g/mol. The summed E-state index contributed by atoms with van der Waals surface area (Å²) in [6, 6.07) is 0. The zero-order valence-electron chi connectivity index (χ0n) is 7.65. The van der Waals surface area contributed by atoms with Crippen molar-refractivity contribution in [3.05, 3.63) is 23.6 Å². The van der Waals surface area contributed by atoms with E-state index < -0.39 is 11.7 Å². The number of hydrogen-bond acceptors (Lipinski definition) is 1. The molecule has 68 valence electrons. The molecule has 0 bridgehead atoms. The van der Waals surface area contributed by atoms with E-state index in [0.717, 1.165) is 0 Å². The molecule has 1 N–H and O–H groups in total. The number of allylic oxidation sites excluding steroid dienone is 2. The van der Waals surface area contributed by atoms with Crippen molar-refractivity contribution in [3.63, 3.8) is 0 Å². The molecule has 0 aromatic carbocycles. The molecule has 0 heterocycles. The maximum atomic E-state index is 12.8. The van der Waals surface area contributed by atoms with E-state index in [4.69, 9.17) is 0 Å². The number of rotatable bonds is 3. The summed E-state index contributed by atoms with van der Waals surface area (Å²) in [5, 5.41) is 2.41. The number of halogens is 1. The van der Waals surface area contributed by atoms with Crippen molar-refractivity contribution in [1.29, 1.82) is 0 Å². The fourth-order valence-corrected chi connectivity index (χ4v) is 0.574. The second kappa shape index (κ2) is 5.52. The van der Waals surface area contributed by atoms with Gasteiger partial charge in [-0.1, -0.05) is 12.2 Å². The minimum absolute atomic E-state index is 0.371. The zero-order chi connectivity index (χ0) is 9.56. The molecule has 0 fully saturated rings. The highest BCUT2D eigenvalue weighted by Crippen LogP contribution is 2.03. The summed E-state index contributed by atoms with van der Waals surface area (Å²) < 4.78 is 12.8. The first kappa shape index (κ1) is 10.9. The fourth-order valence-electron chi connectivity index (χ4n) is 0.574. The van der Waals surface area contributed by atoms with Gasteiger partial charge in [-0.05, 0) is 26.3 Å². The van der Waals surface area contributed by atoms with E-state index in [1.54, 1.807) is 26.0 Å². The Kier molecular flexibility index (Phi) is 5.00. The summed E-state index contributed by atoms with van der Waals surface area (Å²) in [5.74, 6) is -1.34. The van der Waals surface area contributed by atoms with Crippen molar-refractivity contribution in [2.24, 2.45) is 0 Å². The quantitative estimate of drug-likeness (QED) is 0.510. The predicted molar refractivity (Wildman–Crippen MR) is 47.3 cm³/mol. The molecule has 0 rings (SSSR count). The minimum atomic E-state index is -0.695. The lowest BCUT2D eigenvalue weighted by atomic mass is 10.3. The lowest BCUT2D eigenvalue weighted by Crippen LogP contribution is -2.24. The minimum Gasteiger partial charge on any atom is -0.347 e. The van der Waals surface area contributed by atoms with Crippen LogP contribution in [0.2, 0.25) is 0 Å². The number of nitrogens with one attached hydrogen (secondary N) is 1. The standard InChI is InChI=1S/C9H14FNO/c1-4-5-6-11-9(12)8(10)7(2)3/h4-5H,6H2,1-3H3,(H,11,12)/b5-4+. The third-order valence-electron chi connectivity index (χ3n) is 1.25. The molecule has 0 aromatic heterocycles. The Morgan fingerprint density at radius 3 is 2.50 bits per heavy atom. The van der Waals surface area contributed by atoms with Crippen molar-refractivity contribution in [3.8, 4) is 0 Å². The van der Waals surface area contributed by atoms with Gasteiger partial charge in [0.25, 0.3) is 5.91 Å². The van der Waals surface area contributed by atoms with Crippen LogP contribution in [-0.4, -0.2) is 12.5 Å². The summed E-state index contributed by atoms with van der Waals surface area (Å²) >= 11 is 0. The smallest absolute Gasteiger partial charge is 0.280 e. The van der Waals surface area contributed by atoms with Gasteiger partial charge in [0.15, 0.2) is 5.83 Å². The first-order valence-corrected chi connectivity index (χ1v) is 3.82. The number of amides is 1. The molecule has 2 nitrogen and oxygen atoms in total. The van der Waals surface area contributed by atoms with E-state index in [1.165, 1.54) is 0 Å². The van der Waals surface area contributed by atoms with E-state index >= 15 is 0 Å². The van der Waals surface area contributed by atoms with Crippen LogP contribution in [0.1, 0.15) is 20.8 Å². The van der Waals surface area contributed by atoms with Crippen LogP contribution in [0.5, 0.6) is 0 Å². The van der Waals surface area contributed by atoms with Crippen molar-refractivity contribution in [2.75, 3.05) is 6.54 Å². The molecule has 0 atom stereocenters. The van der Waals surface area contributed by atoms with Crippen LogP contribution >= 0.6 is 0 Å². The van der Waals surface area contributed by atoms with Crippen LogP contribution in [-0.2, 0) is 4.79 Å².